The lowest BCUT2D eigenvalue weighted by Gasteiger charge is -2.29. The largest absolute Gasteiger partial charge is 0.497 e. The molecule has 1 aliphatic rings. The topological polar surface area (TPSA) is 81.9 Å². The molecule has 0 aliphatic heterocycles. The molecule has 0 bridgehead atoms. The second-order valence-corrected chi connectivity index (χ2v) is 8.38. The molecule has 28 heavy (non-hydrogen) atoms. The number of benzene rings is 1. The van der Waals surface area contributed by atoms with E-state index in [1.807, 2.05) is 29.8 Å². The summed E-state index contributed by atoms with van der Waals surface area (Å²) in [5, 5.41) is 13.2. The van der Waals surface area contributed by atoms with Crippen molar-refractivity contribution in [2.24, 2.45) is 13.0 Å². The highest BCUT2D eigenvalue weighted by molar-refractivity contribution is 7.99. The van der Waals surface area contributed by atoms with Crippen molar-refractivity contribution in [3.8, 4) is 5.75 Å². The lowest BCUT2D eigenvalue weighted by Crippen LogP contribution is -2.41. The van der Waals surface area contributed by atoms with Gasteiger partial charge < -0.3 is 14.6 Å². The van der Waals surface area contributed by atoms with Crippen molar-refractivity contribution in [2.75, 3.05) is 12.9 Å². The number of aryl methyl sites for hydroxylation is 1. The second kappa shape index (κ2) is 7.95. The predicted molar refractivity (Wildman–Crippen MR) is 111 cm³/mol. The maximum absolute atomic E-state index is 12.3. The second-order valence-electron chi connectivity index (χ2n) is 7.43. The number of hydrogen-bond acceptors (Lipinski definition) is 6. The highest BCUT2D eigenvalue weighted by Gasteiger charge is 2.23. The van der Waals surface area contributed by atoms with E-state index in [1.165, 1.54) is 31.0 Å². The summed E-state index contributed by atoms with van der Waals surface area (Å²) in [5.41, 5.74) is 2.51. The van der Waals surface area contributed by atoms with Gasteiger partial charge in [0.25, 0.3) is 0 Å². The third-order valence-electron chi connectivity index (χ3n) is 5.58. The summed E-state index contributed by atoms with van der Waals surface area (Å²) in [5.74, 6) is 1.65. The molecule has 0 radical (unpaired) electrons. The fourth-order valence-corrected chi connectivity index (χ4v) is 4.51. The molecule has 0 unspecified atom stereocenters. The van der Waals surface area contributed by atoms with E-state index in [2.05, 4.69) is 27.4 Å². The van der Waals surface area contributed by atoms with Gasteiger partial charge in [0.1, 0.15) is 11.3 Å². The Morgan fingerprint density at radius 3 is 2.93 bits per heavy atom. The number of carbonyl (C=O) groups is 1. The van der Waals surface area contributed by atoms with Crippen molar-refractivity contribution < 1.29 is 9.53 Å². The van der Waals surface area contributed by atoms with Crippen LogP contribution in [0.2, 0.25) is 0 Å². The zero-order valence-electron chi connectivity index (χ0n) is 16.4. The molecule has 1 fully saturated rings. The summed E-state index contributed by atoms with van der Waals surface area (Å²) >= 11 is 1.32. The molecular formula is C20H25N5O2S. The van der Waals surface area contributed by atoms with Gasteiger partial charge in [0.2, 0.25) is 11.1 Å². The number of hydrogen-bond donors (Lipinski definition) is 1. The Hall–Kier alpha value is -2.35. The van der Waals surface area contributed by atoms with Gasteiger partial charge in [-0.2, -0.15) is 0 Å². The van der Waals surface area contributed by atoms with E-state index >= 15 is 0 Å². The van der Waals surface area contributed by atoms with Crippen molar-refractivity contribution in [1.82, 2.24) is 25.1 Å². The number of methoxy groups -OCH3 is 1. The fourth-order valence-electron chi connectivity index (χ4n) is 3.92. The van der Waals surface area contributed by atoms with Gasteiger partial charge in [0.15, 0.2) is 5.65 Å². The quantitative estimate of drug-likeness (QED) is 0.663. The highest BCUT2D eigenvalue weighted by atomic mass is 32.2. The van der Waals surface area contributed by atoms with Crippen molar-refractivity contribution in [1.29, 1.82) is 0 Å². The summed E-state index contributed by atoms with van der Waals surface area (Å²) in [7, 11) is 3.60. The first-order valence-electron chi connectivity index (χ1n) is 9.66. The summed E-state index contributed by atoms with van der Waals surface area (Å²) in [6.45, 7) is 2.22. The van der Waals surface area contributed by atoms with Gasteiger partial charge in [-0.3, -0.25) is 4.79 Å². The average molecular weight is 400 g/mol. The number of rotatable bonds is 5. The van der Waals surface area contributed by atoms with Crippen LogP contribution in [0.4, 0.5) is 0 Å². The minimum Gasteiger partial charge on any atom is -0.497 e. The van der Waals surface area contributed by atoms with Crippen LogP contribution >= 0.6 is 11.8 Å². The molecular weight excluding hydrogens is 374 g/mol. The van der Waals surface area contributed by atoms with Crippen LogP contribution in [0, 0.1) is 5.92 Å². The Labute approximate surface area is 168 Å². The van der Waals surface area contributed by atoms with Gasteiger partial charge >= 0.3 is 0 Å². The van der Waals surface area contributed by atoms with Gasteiger partial charge in [-0.25, -0.2) is 4.98 Å². The number of nitrogens with zero attached hydrogens (tertiary/aromatic N) is 4. The number of aromatic nitrogens is 4. The molecule has 148 valence electrons. The van der Waals surface area contributed by atoms with Crippen LogP contribution in [0.5, 0.6) is 5.75 Å². The van der Waals surface area contributed by atoms with Crippen LogP contribution in [0.15, 0.2) is 23.4 Å². The maximum atomic E-state index is 12.3. The molecule has 0 saturated heterocycles. The summed E-state index contributed by atoms with van der Waals surface area (Å²) in [6, 6.07) is 6.14. The Balaban J connectivity index is 1.49. The van der Waals surface area contributed by atoms with Crippen molar-refractivity contribution in [3.05, 3.63) is 18.2 Å². The van der Waals surface area contributed by atoms with Crippen molar-refractivity contribution in [3.63, 3.8) is 0 Å². The first-order chi connectivity index (χ1) is 13.6. The molecule has 1 N–H and O–H groups in total. The van der Waals surface area contributed by atoms with E-state index < -0.39 is 0 Å². The molecule has 1 aromatic carbocycles. The maximum Gasteiger partial charge on any atom is 0.230 e. The molecule has 2 aromatic heterocycles. The third kappa shape index (κ3) is 3.65. The zero-order chi connectivity index (χ0) is 19.7. The normalized spacial score (nSPS) is 19.8. The fraction of sp³-hybridized carbons (Fsp3) is 0.500. The van der Waals surface area contributed by atoms with Gasteiger partial charge in [-0.15, -0.1) is 10.2 Å². The van der Waals surface area contributed by atoms with Crippen LogP contribution < -0.4 is 10.1 Å². The minimum absolute atomic E-state index is 0.0363. The van der Waals surface area contributed by atoms with Crippen LogP contribution in [-0.2, 0) is 11.8 Å². The molecule has 1 amide bonds. The lowest BCUT2D eigenvalue weighted by molar-refractivity contribution is -0.119. The zero-order valence-corrected chi connectivity index (χ0v) is 17.3. The summed E-state index contributed by atoms with van der Waals surface area (Å²) in [6.07, 6.45) is 4.71. The van der Waals surface area contributed by atoms with Crippen LogP contribution in [0.1, 0.15) is 32.6 Å². The number of fused-ring (bicyclic) bond motifs is 3. The number of thioether (sulfide) groups is 1. The number of ether oxygens (including phenoxy) is 1. The Kier molecular flexibility index (Phi) is 5.39. The Morgan fingerprint density at radius 2 is 2.14 bits per heavy atom. The SMILES string of the molecule is COc1ccc2c(c1)c1nnc(SCC(=O)N[C@@H]3CCCC[C@@H]3C)nc1n2C. The molecule has 3 aromatic rings. The van der Waals surface area contributed by atoms with Crippen LogP contribution in [-0.4, -0.2) is 44.6 Å². The molecule has 8 heteroatoms. The predicted octanol–water partition coefficient (Wildman–Crippen LogP) is 3.31. The minimum atomic E-state index is 0.0363. The van der Waals surface area contributed by atoms with E-state index in [1.54, 1.807) is 7.11 Å². The van der Waals surface area contributed by atoms with Gasteiger partial charge in [-0.1, -0.05) is 31.5 Å². The first-order valence-corrected chi connectivity index (χ1v) is 10.6. The molecule has 2 heterocycles. The van der Waals surface area contributed by atoms with Gasteiger partial charge in [0, 0.05) is 18.5 Å². The first kappa shape index (κ1) is 19.0. The van der Waals surface area contributed by atoms with Gasteiger partial charge in [0.05, 0.1) is 18.4 Å². The molecule has 7 nitrogen and oxygen atoms in total. The van der Waals surface area contributed by atoms with E-state index in [0.29, 0.717) is 16.8 Å². The number of carbonyl (C=O) groups excluding carboxylic acids is 1. The van der Waals surface area contributed by atoms with E-state index in [4.69, 9.17) is 4.74 Å². The highest BCUT2D eigenvalue weighted by Crippen LogP contribution is 2.29. The van der Waals surface area contributed by atoms with Crippen molar-refractivity contribution in [2.45, 2.75) is 43.8 Å². The standard InChI is InChI=1S/C20H25N5O2S/c1-12-6-4-5-7-15(12)21-17(26)11-28-20-22-19-18(23-24-20)14-10-13(27-3)8-9-16(14)25(19)2/h8-10,12,15H,4-7,11H2,1-3H3,(H,21,26)/t12-,15+/m0/s1. The Bertz CT molecular complexity index is 1020. The van der Waals surface area contributed by atoms with E-state index in [-0.39, 0.29) is 11.9 Å². The smallest absolute Gasteiger partial charge is 0.230 e. The molecule has 2 atom stereocenters. The lowest BCUT2D eigenvalue weighted by atomic mass is 9.86. The summed E-state index contributed by atoms with van der Waals surface area (Å²) in [4.78, 5) is 17.0. The van der Waals surface area contributed by atoms with Crippen molar-refractivity contribution >= 4 is 39.7 Å². The van der Waals surface area contributed by atoms with Gasteiger partial charge in [-0.05, 0) is 37.0 Å². The Morgan fingerprint density at radius 1 is 1.32 bits per heavy atom. The number of nitrogens with one attached hydrogen (secondary N) is 1. The molecule has 1 saturated carbocycles. The monoisotopic (exact) mass is 399 g/mol. The number of amides is 1. The molecule has 4 rings (SSSR count). The van der Waals surface area contributed by atoms with Crippen LogP contribution in [0.25, 0.3) is 22.1 Å². The molecule has 0 spiro atoms. The third-order valence-corrected chi connectivity index (χ3v) is 6.41. The summed E-state index contributed by atoms with van der Waals surface area (Å²) < 4.78 is 7.31. The average Bonchev–Trinajstić information content (AvgIpc) is 2.99. The van der Waals surface area contributed by atoms with Crippen LogP contribution in [0.3, 0.4) is 0 Å². The van der Waals surface area contributed by atoms with E-state index in [9.17, 15) is 4.79 Å². The van der Waals surface area contributed by atoms with E-state index in [0.717, 1.165) is 34.2 Å². The molecule has 1 aliphatic carbocycles.